The summed E-state index contributed by atoms with van der Waals surface area (Å²) in [6, 6.07) is 10.3. The lowest BCUT2D eigenvalue weighted by atomic mass is 10.0. The number of likely N-dealkylation sites (tertiary alicyclic amines) is 1. The lowest BCUT2D eigenvalue weighted by Crippen LogP contribution is -2.47. The van der Waals surface area contributed by atoms with Crippen LogP contribution in [0.4, 0.5) is 0 Å². The highest BCUT2D eigenvalue weighted by molar-refractivity contribution is 5.94. The predicted octanol–water partition coefficient (Wildman–Crippen LogP) is 3.41. The third-order valence-electron chi connectivity index (χ3n) is 4.31. The van der Waals surface area contributed by atoms with Gasteiger partial charge in [-0.05, 0) is 50.9 Å². The van der Waals surface area contributed by atoms with Crippen LogP contribution in [-0.4, -0.2) is 47.9 Å². The van der Waals surface area contributed by atoms with Gasteiger partial charge in [0.15, 0.2) is 0 Å². The van der Waals surface area contributed by atoms with Gasteiger partial charge in [-0.25, -0.2) is 0 Å². The fourth-order valence-electron chi connectivity index (χ4n) is 3.25. The van der Waals surface area contributed by atoms with Crippen LogP contribution >= 0.6 is 0 Å². The molecule has 2 rings (SSSR count). The summed E-state index contributed by atoms with van der Waals surface area (Å²) in [5, 5.41) is 0. The maximum absolute atomic E-state index is 12.4. The van der Waals surface area contributed by atoms with E-state index in [1.807, 2.05) is 35.2 Å². The largest absolute Gasteiger partial charge is 0.339 e. The van der Waals surface area contributed by atoms with E-state index in [1.165, 1.54) is 25.9 Å². The minimum absolute atomic E-state index is 0.187. The molecule has 3 nitrogen and oxygen atoms in total. The van der Waals surface area contributed by atoms with Crippen LogP contribution in [0.5, 0.6) is 0 Å². The summed E-state index contributed by atoms with van der Waals surface area (Å²) in [4.78, 5) is 17.1. The quantitative estimate of drug-likeness (QED) is 0.801. The Hall–Kier alpha value is -1.35. The molecule has 0 atom stereocenters. The van der Waals surface area contributed by atoms with E-state index in [1.54, 1.807) is 0 Å². The molecule has 21 heavy (non-hydrogen) atoms. The molecule has 1 aromatic carbocycles. The molecule has 0 aromatic heterocycles. The molecule has 0 bridgehead atoms. The van der Waals surface area contributed by atoms with E-state index < -0.39 is 0 Å². The van der Waals surface area contributed by atoms with Gasteiger partial charge in [0.05, 0.1) is 0 Å². The first-order chi connectivity index (χ1) is 10.3. The molecule has 3 heteroatoms. The van der Waals surface area contributed by atoms with Gasteiger partial charge in [0.2, 0.25) is 0 Å². The van der Waals surface area contributed by atoms with Crippen LogP contribution < -0.4 is 0 Å². The molecule has 0 aliphatic carbocycles. The number of hydrogen-bond donors (Lipinski definition) is 0. The van der Waals surface area contributed by atoms with Crippen molar-refractivity contribution in [2.24, 2.45) is 0 Å². The van der Waals surface area contributed by atoms with Crippen molar-refractivity contribution in [3.05, 3.63) is 35.9 Å². The summed E-state index contributed by atoms with van der Waals surface area (Å²) in [7, 11) is 0. The number of carbonyl (C=O) groups excluding carboxylic acids is 1. The molecule has 1 aromatic rings. The number of rotatable bonds is 6. The van der Waals surface area contributed by atoms with E-state index in [2.05, 4.69) is 18.7 Å². The Morgan fingerprint density at radius 1 is 1.10 bits per heavy atom. The predicted molar refractivity (Wildman–Crippen MR) is 87.5 cm³/mol. The van der Waals surface area contributed by atoms with E-state index >= 15 is 0 Å². The van der Waals surface area contributed by atoms with Crippen molar-refractivity contribution in [2.75, 3.05) is 26.2 Å². The van der Waals surface area contributed by atoms with Crippen molar-refractivity contribution >= 4 is 5.91 Å². The summed E-state index contributed by atoms with van der Waals surface area (Å²) in [5.74, 6) is 0.187. The van der Waals surface area contributed by atoms with Gasteiger partial charge in [-0.3, -0.25) is 4.79 Å². The molecule has 0 unspecified atom stereocenters. The number of amides is 1. The summed E-state index contributed by atoms with van der Waals surface area (Å²) in [6.07, 6.45) is 4.64. The van der Waals surface area contributed by atoms with Crippen molar-refractivity contribution < 1.29 is 4.79 Å². The van der Waals surface area contributed by atoms with Gasteiger partial charge >= 0.3 is 0 Å². The molecule has 0 N–H and O–H groups in total. The van der Waals surface area contributed by atoms with E-state index in [4.69, 9.17) is 0 Å². The Labute approximate surface area is 128 Å². The van der Waals surface area contributed by atoms with Gasteiger partial charge in [0, 0.05) is 24.7 Å². The topological polar surface area (TPSA) is 23.6 Å². The molecular weight excluding hydrogens is 260 g/mol. The molecule has 1 fully saturated rings. The smallest absolute Gasteiger partial charge is 0.253 e. The molecule has 1 heterocycles. The van der Waals surface area contributed by atoms with Crippen LogP contribution in [0.2, 0.25) is 0 Å². The SMILES string of the molecule is CCCN(CCC)C1CCN(C(=O)c2ccccc2)CC1. The Kier molecular flexibility index (Phi) is 6.24. The van der Waals surface area contributed by atoms with Crippen LogP contribution in [-0.2, 0) is 0 Å². The summed E-state index contributed by atoms with van der Waals surface area (Å²) in [5.41, 5.74) is 0.815. The van der Waals surface area contributed by atoms with Crippen LogP contribution in [0.3, 0.4) is 0 Å². The molecule has 1 saturated heterocycles. The molecule has 0 saturated carbocycles. The molecule has 0 radical (unpaired) electrons. The van der Waals surface area contributed by atoms with Crippen LogP contribution in [0.1, 0.15) is 49.9 Å². The second-order valence-electron chi connectivity index (χ2n) is 5.93. The minimum Gasteiger partial charge on any atom is -0.339 e. The first-order valence-electron chi connectivity index (χ1n) is 8.34. The van der Waals surface area contributed by atoms with Gasteiger partial charge in [-0.1, -0.05) is 32.0 Å². The first-order valence-corrected chi connectivity index (χ1v) is 8.34. The Morgan fingerprint density at radius 3 is 2.19 bits per heavy atom. The summed E-state index contributed by atoms with van der Waals surface area (Å²) >= 11 is 0. The number of nitrogens with zero attached hydrogens (tertiary/aromatic N) is 2. The minimum atomic E-state index is 0.187. The van der Waals surface area contributed by atoms with Crippen molar-refractivity contribution in [1.82, 2.24) is 9.80 Å². The van der Waals surface area contributed by atoms with Gasteiger partial charge in [-0.2, -0.15) is 0 Å². The number of carbonyl (C=O) groups is 1. The fourth-order valence-corrected chi connectivity index (χ4v) is 3.25. The van der Waals surface area contributed by atoms with Crippen molar-refractivity contribution in [3.8, 4) is 0 Å². The Morgan fingerprint density at radius 2 is 1.67 bits per heavy atom. The van der Waals surface area contributed by atoms with Crippen LogP contribution in [0.25, 0.3) is 0 Å². The third-order valence-corrected chi connectivity index (χ3v) is 4.31. The standard InChI is InChI=1S/C18H28N2O/c1-3-12-19(13-4-2)17-10-14-20(15-11-17)18(21)16-8-6-5-7-9-16/h5-9,17H,3-4,10-15H2,1-2H3. The molecule has 1 aliphatic heterocycles. The lowest BCUT2D eigenvalue weighted by Gasteiger charge is -2.38. The average Bonchev–Trinajstić information content (AvgIpc) is 2.55. The normalized spacial score (nSPS) is 16.4. The maximum atomic E-state index is 12.4. The summed E-state index contributed by atoms with van der Waals surface area (Å²) in [6.45, 7) is 8.65. The molecule has 1 amide bonds. The van der Waals surface area contributed by atoms with E-state index in [-0.39, 0.29) is 5.91 Å². The zero-order valence-electron chi connectivity index (χ0n) is 13.4. The highest BCUT2D eigenvalue weighted by Crippen LogP contribution is 2.19. The molecule has 116 valence electrons. The zero-order valence-corrected chi connectivity index (χ0v) is 13.4. The van der Waals surface area contributed by atoms with E-state index in [0.717, 1.165) is 31.5 Å². The second-order valence-corrected chi connectivity index (χ2v) is 5.93. The molecule has 0 spiro atoms. The average molecular weight is 288 g/mol. The first kappa shape index (κ1) is 16.0. The summed E-state index contributed by atoms with van der Waals surface area (Å²) < 4.78 is 0. The fraction of sp³-hybridized carbons (Fsp3) is 0.611. The highest BCUT2D eigenvalue weighted by Gasteiger charge is 2.26. The van der Waals surface area contributed by atoms with Crippen molar-refractivity contribution in [2.45, 2.75) is 45.6 Å². The molecule has 1 aliphatic rings. The number of hydrogen-bond acceptors (Lipinski definition) is 2. The van der Waals surface area contributed by atoms with Gasteiger partial charge < -0.3 is 9.80 Å². The number of benzene rings is 1. The van der Waals surface area contributed by atoms with Crippen LogP contribution in [0.15, 0.2) is 30.3 Å². The highest BCUT2D eigenvalue weighted by atomic mass is 16.2. The van der Waals surface area contributed by atoms with Gasteiger partial charge in [-0.15, -0.1) is 0 Å². The van der Waals surface area contributed by atoms with Crippen molar-refractivity contribution in [3.63, 3.8) is 0 Å². The zero-order chi connectivity index (χ0) is 15.1. The van der Waals surface area contributed by atoms with Gasteiger partial charge in [0.1, 0.15) is 0 Å². The monoisotopic (exact) mass is 288 g/mol. The van der Waals surface area contributed by atoms with E-state index in [9.17, 15) is 4.79 Å². The lowest BCUT2D eigenvalue weighted by molar-refractivity contribution is 0.0618. The number of piperidine rings is 1. The van der Waals surface area contributed by atoms with Crippen LogP contribution in [0, 0.1) is 0 Å². The van der Waals surface area contributed by atoms with Crippen molar-refractivity contribution in [1.29, 1.82) is 0 Å². The Bertz CT molecular complexity index is 418. The van der Waals surface area contributed by atoms with E-state index in [0.29, 0.717) is 6.04 Å². The van der Waals surface area contributed by atoms with Gasteiger partial charge in [0.25, 0.3) is 5.91 Å². The Balaban J connectivity index is 1.89. The third kappa shape index (κ3) is 4.31. The second kappa shape index (κ2) is 8.18. The maximum Gasteiger partial charge on any atom is 0.253 e. The molecular formula is C18H28N2O.